The topological polar surface area (TPSA) is 33.6 Å². The molecule has 27 heavy (non-hydrogen) atoms. The highest BCUT2D eigenvalue weighted by molar-refractivity contribution is 5.81. The smallest absolute Gasteiger partial charge is 0.118 e. The lowest BCUT2D eigenvalue weighted by Crippen LogP contribution is -2.44. The molecule has 2 atom stereocenters. The van der Waals surface area contributed by atoms with Crippen molar-refractivity contribution in [3.8, 4) is 5.75 Å². The average molecular weight is 358 g/mol. The summed E-state index contributed by atoms with van der Waals surface area (Å²) in [6.07, 6.45) is 12.8. The fourth-order valence-corrected chi connectivity index (χ4v) is 4.60. The zero-order chi connectivity index (χ0) is 19.0. The summed E-state index contributed by atoms with van der Waals surface area (Å²) in [6, 6.07) is 8.04. The lowest BCUT2D eigenvalue weighted by Gasteiger charge is -2.47. The van der Waals surface area contributed by atoms with Crippen LogP contribution in [0.15, 0.2) is 88.3 Å². The molecule has 3 heteroatoms. The predicted molar refractivity (Wildman–Crippen MR) is 112 cm³/mol. The minimum Gasteiger partial charge on any atom is -0.497 e. The number of dihydropyridines is 1. The van der Waals surface area contributed by atoms with Crippen LogP contribution in [0.2, 0.25) is 0 Å². The molecular weight excluding hydrogens is 332 g/mol. The highest BCUT2D eigenvalue weighted by Crippen LogP contribution is 2.52. The highest BCUT2D eigenvalue weighted by atomic mass is 16.5. The van der Waals surface area contributed by atoms with Crippen LogP contribution in [-0.4, -0.2) is 18.9 Å². The Hall–Kier alpha value is -2.81. The van der Waals surface area contributed by atoms with Crippen LogP contribution in [0.4, 0.5) is 0 Å². The van der Waals surface area contributed by atoms with E-state index in [0.717, 1.165) is 29.9 Å². The van der Waals surface area contributed by atoms with Gasteiger partial charge in [-0.2, -0.15) is 0 Å². The Morgan fingerprint density at radius 3 is 2.74 bits per heavy atom. The summed E-state index contributed by atoms with van der Waals surface area (Å²) in [6.45, 7) is 8.44. The number of nitrogens with zero attached hydrogens (tertiary/aromatic N) is 1. The van der Waals surface area contributed by atoms with E-state index in [1.54, 1.807) is 7.11 Å². The quantitative estimate of drug-likeness (QED) is 0.603. The molecule has 1 aromatic carbocycles. The first kappa shape index (κ1) is 17.6. The number of nitrogens with one attached hydrogen (secondary N) is 1. The summed E-state index contributed by atoms with van der Waals surface area (Å²) in [5.74, 6) is 1.25. The van der Waals surface area contributed by atoms with Gasteiger partial charge in [0.2, 0.25) is 0 Å². The SMILES string of the molecule is C=C1C=CC2=C(CC3C=C(C)CC2(N=Cc2ccc(OC)cc2)C3=CC)N1. The Morgan fingerprint density at radius 1 is 1.26 bits per heavy atom. The molecule has 3 nitrogen and oxygen atoms in total. The molecule has 2 unspecified atom stereocenters. The molecule has 1 N–H and O–H groups in total. The lowest BCUT2D eigenvalue weighted by molar-refractivity contribution is 0.415. The van der Waals surface area contributed by atoms with E-state index in [2.05, 4.69) is 50.0 Å². The minimum absolute atomic E-state index is 0.337. The zero-order valence-electron chi connectivity index (χ0n) is 16.3. The number of benzene rings is 1. The molecule has 0 spiro atoms. The van der Waals surface area contributed by atoms with Gasteiger partial charge in [-0.3, -0.25) is 4.99 Å². The fourth-order valence-electron chi connectivity index (χ4n) is 4.60. The Bertz CT molecular complexity index is 928. The number of methoxy groups -OCH3 is 1. The molecule has 2 bridgehead atoms. The van der Waals surface area contributed by atoms with Crippen LogP contribution in [0.5, 0.6) is 5.75 Å². The van der Waals surface area contributed by atoms with Gasteiger partial charge in [-0.15, -0.1) is 0 Å². The Kier molecular flexibility index (Phi) is 4.39. The number of rotatable bonds is 3. The van der Waals surface area contributed by atoms with E-state index in [-0.39, 0.29) is 5.54 Å². The van der Waals surface area contributed by atoms with Gasteiger partial charge in [0.1, 0.15) is 11.3 Å². The number of hydrogen-bond acceptors (Lipinski definition) is 3. The van der Waals surface area contributed by atoms with Crippen molar-refractivity contribution in [1.29, 1.82) is 0 Å². The monoisotopic (exact) mass is 358 g/mol. The van der Waals surface area contributed by atoms with Crippen LogP contribution in [0.1, 0.15) is 32.3 Å². The maximum absolute atomic E-state index is 5.26. The normalized spacial score (nSPS) is 28.3. The molecule has 0 saturated carbocycles. The van der Waals surface area contributed by atoms with Gasteiger partial charge < -0.3 is 10.1 Å². The van der Waals surface area contributed by atoms with Gasteiger partial charge in [0, 0.05) is 35.5 Å². The molecule has 0 fully saturated rings. The maximum atomic E-state index is 5.26. The summed E-state index contributed by atoms with van der Waals surface area (Å²) >= 11 is 0. The van der Waals surface area contributed by atoms with Crippen LogP contribution >= 0.6 is 0 Å². The van der Waals surface area contributed by atoms with E-state index in [0.29, 0.717) is 5.92 Å². The second-order valence-electron chi connectivity index (χ2n) is 7.51. The third kappa shape index (κ3) is 2.97. The maximum Gasteiger partial charge on any atom is 0.118 e. The van der Waals surface area contributed by atoms with Crippen molar-refractivity contribution in [2.45, 2.75) is 32.2 Å². The van der Waals surface area contributed by atoms with Crippen molar-refractivity contribution in [3.63, 3.8) is 0 Å². The first-order valence-electron chi connectivity index (χ1n) is 9.46. The van der Waals surface area contributed by atoms with Gasteiger partial charge in [0.25, 0.3) is 0 Å². The van der Waals surface area contributed by atoms with Gasteiger partial charge >= 0.3 is 0 Å². The first-order valence-corrected chi connectivity index (χ1v) is 9.46. The van der Waals surface area contributed by atoms with Crippen molar-refractivity contribution in [2.24, 2.45) is 10.9 Å². The molecule has 4 rings (SSSR count). The lowest BCUT2D eigenvalue weighted by atomic mass is 9.62. The number of aliphatic imine (C=N–C) groups is 1. The van der Waals surface area contributed by atoms with E-state index in [4.69, 9.17) is 9.73 Å². The van der Waals surface area contributed by atoms with Crippen molar-refractivity contribution >= 4 is 6.21 Å². The van der Waals surface area contributed by atoms with E-state index >= 15 is 0 Å². The van der Waals surface area contributed by atoms with Crippen LogP contribution in [0.25, 0.3) is 0 Å². The highest BCUT2D eigenvalue weighted by Gasteiger charge is 2.47. The first-order chi connectivity index (χ1) is 13.1. The van der Waals surface area contributed by atoms with Crippen molar-refractivity contribution in [1.82, 2.24) is 5.32 Å². The number of hydrogen-bond donors (Lipinski definition) is 1. The van der Waals surface area contributed by atoms with E-state index in [9.17, 15) is 0 Å². The zero-order valence-corrected chi connectivity index (χ0v) is 16.3. The number of allylic oxidation sites excluding steroid dienone is 4. The molecule has 1 heterocycles. The molecule has 0 aromatic heterocycles. The third-order valence-electron chi connectivity index (χ3n) is 5.72. The van der Waals surface area contributed by atoms with Gasteiger partial charge in [0.05, 0.1) is 7.11 Å². The second kappa shape index (κ2) is 6.73. The van der Waals surface area contributed by atoms with Crippen LogP contribution in [0, 0.1) is 5.92 Å². The molecule has 2 aliphatic carbocycles. The van der Waals surface area contributed by atoms with Crippen molar-refractivity contribution in [2.75, 3.05) is 7.11 Å². The van der Waals surface area contributed by atoms with Gasteiger partial charge in [-0.05, 0) is 61.7 Å². The molecule has 0 amide bonds. The minimum atomic E-state index is -0.337. The molecule has 0 saturated heterocycles. The molecule has 1 aromatic rings. The summed E-state index contributed by atoms with van der Waals surface area (Å²) < 4.78 is 5.26. The fraction of sp³-hybridized carbons (Fsp3) is 0.292. The summed E-state index contributed by atoms with van der Waals surface area (Å²) in [7, 11) is 1.68. The Morgan fingerprint density at radius 2 is 2.04 bits per heavy atom. The molecule has 3 aliphatic rings. The standard InChI is InChI=1S/C24H26N2O/c1-5-21-19-12-16(2)14-24(21,22-11-6-17(3)26-23(22)13-19)25-15-18-7-9-20(27-4)10-8-18/h5-12,15,19,26H,3,13-14H2,1-2,4H3. The largest absolute Gasteiger partial charge is 0.497 e. The van der Waals surface area contributed by atoms with Gasteiger partial charge in [-0.1, -0.05) is 30.4 Å². The van der Waals surface area contributed by atoms with E-state index in [1.807, 2.05) is 30.5 Å². The third-order valence-corrected chi connectivity index (χ3v) is 5.72. The van der Waals surface area contributed by atoms with Crippen LogP contribution in [-0.2, 0) is 0 Å². The van der Waals surface area contributed by atoms with Crippen molar-refractivity contribution in [3.05, 3.63) is 88.8 Å². The summed E-state index contributed by atoms with van der Waals surface area (Å²) in [5.41, 5.74) is 7.03. The Balaban J connectivity index is 1.82. The Labute approximate surface area is 161 Å². The predicted octanol–water partition coefficient (Wildman–Crippen LogP) is 5.10. The van der Waals surface area contributed by atoms with E-state index < -0.39 is 0 Å². The van der Waals surface area contributed by atoms with Crippen LogP contribution in [0.3, 0.4) is 0 Å². The van der Waals surface area contributed by atoms with Crippen LogP contribution < -0.4 is 10.1 Å². The van der Waals surface area contributed by atoms with Crippen molar-refractivity contribution < 1.29 is 4.74 Å². The molecular formula is C24H26N2O. The van der Waals surface area contributed by atoms with Gasteiger partial charge in [-0.25, -0.2) is 0 Å². The summed E-state index contributed by atoms with van der Waals surface area (Å²) in [4.78, 5) is 5.22. The molecule has 138 valence electrons. The second-order valence-corrected chi connectivity index (χ2v) is 7.51. The van der Waals surface area contributed by atoms with Gasteiger partial charge in [0.15, 0.2) is 0 Å². The summed E-state index contributed by atoms with van der Waals surface area (Å²) in [5, 5.41) is 3.50. The number of fused-ring (bicyclic) bond motifs is 3. The average Bonchev–Trinajstić information content (AvgIpc) is 2.66. The number of ether oxygens (including phenoxy) is 1. The molecule has 1 aliphatic heterocycles. The van der Waals surface area contributed by atoms with E-state index in [1.165, 1.54) is 22.4 Å². The molecule has 0 radical (unpaired) electrons.